The lowest BCUT2D eigenvalue weighted by Crippen LogP contribution is -2.14. The van der Waals surface area contributed by atoms with Crippen molar-refractivity contribution < 1.29 is 12.8 Å². The van der Waals surface area contributed by atoms with Crippen molar-refractivity contribution in [3.05, 3.63) is 46.3 Å². The normalized spacial score (nSPS) is 11.3. The molecule has 0 unspecified atom stereocenters. The highest BCUT2D eigenvalue weighted by Crippen LogP contribution is 2.21. The van der Waals surface area contributed by atoms with Crippen molar-refractivity contribution in [2.24, 2.45) is 0 Å². The van der Waals surface area contributed by atoms with E-state index >= 15 is 0 Å². The molecule has 0 amide bonds. The molecule has 1 heterocycles. The fourth-order valence-corrected chi connectivity index (χ4v) is 2.69. The van der Waals surface area contributed by atoms with E-state index < -0.39 is 15.8 Å². The van der Waals surface area contributed by atoms with E-state index in [2.05, 4.69) is 25.6 Å². The maximum Gasteiger partial charge on any atom is 0.263 e. The quantitative estimate of drug-likeness (QED) is 0.825. The minimum Gasteiger partial charge on any atom is -0.396 e. The van der Waals surface area contributed by atoms with Crippen LogP contribution in [-0.2, 0) is 10.0 Å². The first-order valence-corrected chi connectivity index (χ1v) is 7.77. The third-order valence-electron chi connectivity index (χ3n) is 2.57. The molecule has 20 heavy (non-hydrogen) atoms. The molecule has 1 aromatic carbocycles. The molecule has 0 atom stereocenters. The number of hydrogen-bond acceptors (Lipinski definition) is 4. The highest BCUT2D eigenvalue weighted by Gasteiger charge is 2.16. The summed E-state index contributed by atoms with van der Waals surface area (Å²) in [6.45, 7) is 1.80. The van der Waals surface area contributed by atoms with Gasteiger partial charge in [-0.05, 0) is 52.7 Å². The number of rotatable bonds is 3. The molecular weight excluding hydrogens is 349 g/mol. The summed E-state index contributed by atoms with van der Waals surface area (Å²) in [4.78, 5) is 3.72. The van der Waals surface area contributed by atoms with E-state index in [1.165, 1.54) is 18.3 Å². The summed E-state index contributed by atoms with van der Waals surface area (Å²) < 4.78 is 40.6. The number of halogens is 2. The van der Waals surface area contributed by atoms with Gasteiger partial charge in [-0.2, -0.15) is 0 Å². The molecule has 1 aromatic heterocycles. The smallest absolute Gasteiger partial charge is 0.263 e. The van der Waals surface area contributed by atoms with Gasteiger partial charge in [0.2, 0.25) is 0 Å². The van der Waals surface area contributed by atoms with Crippen LogP contribution < -0.4 is 10.5 Å². The van der Waals surface area contributed by atoms with Crippen LogP contribution in [0.15, 0.2) is 39.8 Å². The second-order valence-corrected chi connectivity index (χ2v) is 6.64. The van der Waals surface area contributed by atoms with Gasteiger partial charge in [0.25, 0.3) is 10.0 Å². The third-order valence-corrected chi connectivity index (χ3v) is 4.75. The Kier molecular flexibility index (Phi) is 3.96. The Bertz CT molecular complexity index is 765. The molecule has 0 spiro atoms. The zero-order valence-electron chi connectivity index (χ0n) is 10.4. The summed E-state index contributed by atoms with van der Waals surface area (Å²) in [5.41, 5.74) is 6.02. The maximum atomic E-state index is 13.3. The van der Waals surface area contributed by atoms with E-state index in [-0.39, 0.29) is 16.4 Å². The maximum absolute atomic E-state index is 13.3. The lowest BCUT2D eigenvalue weighted by molar-refractivity contribution is 0.596. The first kappa shape index (κ1) is 14.7. The SMILES string of the molecule is Cc1cc(NS(=O)(=O)c2ccc(N)c(F)c2)ncc1Br. The predicted molar refractivity (Wildman–Crippen MR) is 78.3 cm³/mol. The van der Waals surface area contributed by atoms with Gasteiger partial charge in [-0.25, -0.2) is 17.8 Å². The lowest BCUT2D eigenvalue weighted by atomic mass is 10.3. The number of nitrogen functional groups attached to an aromatic ring is 1. The number of benzene rings is 1. The average molecular weight is 360 g/mol. The molecule has 3 N–H and O–H groups in total. The van der Waals surface area contributed by atoms with Crippen LogP contribution in [0.25, 0.3) is 0 Å². The summed E-state index contributed by atoms with van der Waals surface area (Å²) in [7, 11) is -3.91. The number of nitrogens with zero attached hydrogens (tertiary/aromatic N) is 1. The Balaban J connectivity index is 2.35. The molecule has 0 fully saturated rings. The number of nitrogens with one attached hydrogen (secondary N) is 1. The monoisotopic (exact) mass is 359 g/mol. The number of hydrogen-bond donors (Lipinski definition) is 2. The average Bonchev–Trinajstić information content (AvgIpc) is 2.37. The van der Waals surface area contributed by atoms with Crippen molar-refractivity contribution in [2.45, 2.75) is 11.8 Å². The number of anilines is 2. The Hall–Kier alpha value is -1.67. The highest BCUT2D eigenvalue weighted by molar-refractivity contribution is 9.10. The van der Waals surface area contributed by atoms with Crippen LogP contribution in [0.4, 0.5) is 15.9 Å². The second kappa shape index (κ2) is 5.37. The predicted octanol–water partition coefficient (Wildman–Crippen LogP) is 2.67. The van der Waals surface area contributed by atoms with Crippen LogP contribution in [-0.4, -0.2) is 13.4 Å². The standard InChI is InChI=1S/C12H11BrFN3O2S/c1-7-4-12(16-6-9(7)13)17-20(18,19)8-2-3-11(15)10(14)5-8/h2-6H,15H2,1H3,(H,16,17). The van der Waals surface area contributed by atoms with Gasteiger partial charge in [-0.1, -0.05) is 0 Å². The summed E-state index contributed by atoms with van der Waals surface area (Å²) >= 11 is 3.27. The van der Waals surface area contributed by atoms with Gasteiger partial charge < -0.3 is 5.73 Å². The molecule has 2 aromatic rings. The lowest BCUT2D eigenvalue weighted by Gasteiger charge is -2.09. The topological polar surface area (TPSA) is 85.1 Å². The first-order chi connectivity index (χ1) is 9.29. The molecule has 0 aliphatic heterocycles. The summed E-state index contributed by atoms with van der Waals surface area (Å²) in [6.07, 6.45) is 1.48. The Labute approximate surface area is 124 Å². The molecule has 0 radical (unpaired) electrons. The van der Waals surface area contributed by atoms with Crippen molar-refractivity contribution in [2.75, 3.05) is 10.5 Å². The summed E-state index contributed by atoms with van der Waals surface area (Å²) in [5, 5.41) is 0. The largest absolute Gasteiger partial charge is 0.396 e. The molecule has 0 aliphatic carbocycles. The Morgan fingerprint density at radius 1 is 1.35 bits per heavy atom. The molecule has 0 bridgehead atoms. The van der Waals surface area contributed by atoms with Crippen molar-refractivity contribution in [1.82, 2.24) is 4.98 Å². The Morgan fingerprint density at radius 3 is 2.65 bits per heavy atom. The number of sulfonamides is 1. The van der Waals surface area contributed by atoms with E-state index in [0.29, 0.717) is 0 Å². The Morgan fingerprint density at radius 2 is 2.05 bits per heavy atom. The van der Waals surface area contributed by atoms with E-state index in [4.69, 9.17) is 5.73 Å². The van der Waals surface area contributed by atoms with Crippen molar-refractivity contribution in [3.8, 4) is 0 Å². The van der Waals surface area contributed by atoms with Crippen LogP contribution in [0, 0.1) is 12.7 Å². The fourth-order valence-electron chi connectivity index (χ4n) is 1.47. The van der Waals surface area contributed by atoms with Crippen molar-refractivity contribution >= 4 is 37.5 Å². The van der Waals surface area contributed by atoms with E-state index in [1.54, 1.807) is 13.0 Å². The zero-order chi connectivity index (χ0) is 14.9. The van der Waals surface area contributed by atoms with Gasteiger partial charge in [-0.15, -0.1) is 0 Å². The van der Waals surface area contributed by atoms with Gasteiger partial charge in [0.1, 0.15) is 11.6 Å². The molecule has 0 saturated heterocycles. The van der Waals surface area contributed by atoms with Crippen molar-refractivity contribution in [1.29, 1.82) is 0 Å². The summed E-state index contributed by atoms with van der Waals surface area (Å²) in [6, 6.07) is 4.86. The van der Waals surface area contributed by atoms with E-state index in [9.17, 15) is 12.8 Å². The molecule has 106 valence electrons. The zero-order valence-corrected chi connectivity index (χ0v) is 12.8. The van der Waals surface area contributed by atoms with Crippen LogP contribution >= 0.6 is 15.9 Å². The molecule has 2 rings (SSSR count). The fraction of sp³-hybridized carbons (Fsp3) is 0.0833. The minimum absolute atomic E-state index is 0.110. The molecule has 5 nitrogen and oxygen atoms in total. The number of nitrogens with two attached hydrogens (primary N) is 1. The first-order valence-electron chi connectivity index (χ1n) is 5.49. The highest BCUT2D eigenvalue weighted by atomic mass is 79.9. The van der Waals surface area contributed by atoms with Crippen LogP contribution in [0.5, 0.6) is 0 Å². The van der Waals surface area contributed by atoms with Crippen LogP contribution in [0.3, 0.4) is 0 Å². The van der Waals surface area contributed by atoms with Gasteiger partial charge >= 0.3 is 0 Å². The number of aryl methyl sites for hydroxylation is 1. The van der Waals surface area contributed by atoms with Gasteiger partial charge in [0.15, 0.2) is 0 Å². The third kappa shape index (κ3) is 3.07. The molecule has 8 heteroatoms. The minimum atomic E-state index is -3.91. The van der Waals surface area contributed by atoms with Crippen LogP contribution in [0.2, 0.25) is 0 Å². The second-order valence-electron chi connectivity index (χ2n) is 4.11. The van der Waals surface area contributed by atoms with E-state index in [0.717, 1.165) is 16.1 Å². The number of pyridine rings is 1. The van der Waals surface area contributed by atoms with Gasteiger partial charge in [0.05, 0.1) is 10.6 Å². The molecular formula is C12H11BrFN3O2S. The van der Waals surface area contributed by atoms with Crippen molar-refractivity contribution in [3.63, 3.8) is 0 Å². The molecule has 0 aliphatic rings. The molecule has 0 saturated carbocycles. The summed E-state index contributed by atoms with van der Waals surface area (Å²) in [5.74, 6) is -0.629. The van der Waals surface area contributed by atoms with Crippen LogP contribution in [0.1, 0.15) is 5.56 Å². The van der Waals surface area contributed by atoms with E-state index in [1.807, 2.05) is 0 Å². The number of aromatic nitrogens is 1. The van der Waals surface area contributed by atoms with Gasteiger partial charge in [-0.3, -0.25) is 4.72 Å². The van der Waals surface area contributed by atoms with Gasteiger partial charge in [0, 0.05) is 10.7 Å².